The van der Waals surface area contributed by atoms with E-state index in [-0.39, 0.29) is 11.3 Å². The Labute approximate surface area is 242 Å². The molecule has 0 saturated carbocycles. The molecule has 3 aromatic carbocycles. The van der Waals surface area contributed by atoms with E-state index in [4.69, 9.17) is 19.2 Å². The summed E-state index contributed by atoms with van der Waals surface area (Å²) >= 11 is 1.29. The third-order valence-corrected chi connectivity index (χ3v) is 7.57. The number of Topliss-reactive ketones (excluding diaryl/α,β-unsaturated/α-hetero) is 1. The van der Waals surface area contributed by atoms with Crippen LogP contribution in [-0.4, -0.2) is 41.6 Å². The van der Waals surface area contributed by atoms with Crippen LogP contribution in [0.1, 0.15) is 50.8 Å². The molecule has 1 saturated heterocycles. The molecule has 1 N–H and O–H groups in total. The third kappa shape index (κ3) is 5.76. The molecular formula is C32H32N2O6S. The number of aliphatic hydroxyl groups is 1. The molecule has 1 aliphatic rings. The summed E-state index contributed by atoms with van der Waals surface area (Å²) in [6.45, 7) is 7.56. The number of ketones is 1. The number of thiazole rings is 1. The average molecular weight is 573 g/mol. The van der Waals surface area contributed by atoms with Crippen LogP contribution < -0.4 is 19.1 Å². The smallest absolute Gasteiger partial charge is 0.301 e. The van der Waals surface area contributed by atoms with E-state index < -0.39 is 17.7 Å². The van der Waals surface area contributed by atoms with Gasteiger partial charge in [-0.15, -0.1) is 0 Å². The van der Waals surface area contributed by atoms with Crippen molar-refractivity contribution in [3.8, 4) is 17.2 Å². The van der Waals surface area contributed by atoms with Crippen molar-refractivity contribution in [2.24, 2.45) is 0 Å². The quantitative estimate of drug-likeness (QED) is 0.119. The third-order valence-electron chi connectivity index (χ3n) is 6.56. The second-order valence-corrected chi connectivity index (χ2v) is 10.5. The van der Waals surface area contributed by atoms with Crippen LogP contribution in [-0.2, 0) is 9.59 Å². The largest absolute Gasteiger partial charge is 0.507 e. The molecule has 1 aliphatic heterocycles. The summed E-state index contributed by atoms with van der Waals surface area (Å²) < 4.78 is 18.0. The normalized spacial score (nSPS) is 16.4. The molecule has 0 aliphatic carbocycles. The fraction of sp³-hybridized carbons (Fsp3) is 0.281. The van der Waals surface area contributed by atoms with Gasteiger partial charge in [0.05, 0.1) is 41.7 Å². The minimum absolute atomic E-state index is 0.0147. The van der Waals surface area contributed by atoms with Crippen molar-refractivity contribution in [2.45, 2.75) is 39.7 Å². The molecule has 212 valence electrons. The van der Waals surface area contributed by atoms with Crippen LogP contribution in [0, 0.1) is 0 Å². The predicted molar refractivity (Wildman–Crippen MR) is 160 cm³/mol. The molecule has 1 atom stereocenters. The van der Waals surface area contributed by atoms with Gasteiger partial charge in [-0.3, -0.25) is 14.5 Å². The van der Waals surface area contributed by atoms with Gasteiger partial charge in [-0.1, -0.05) is 37.3 Å². The van der Waals surface area contributed by atoms with Gasteiger partial charge in [0.25, 0.3) is 5.78 Å². The average Bonchev–Trinajstić information content (AvgIpc) is 3.52. The Morgan fingerprint density at radius 2 is 1.56 bits per heavy atom. The lowest BCUT2D eigenvalue weighted by Gasteiger charge is -2.23. The van der Waals surface area contributed by atoms with Crippen molar-refractivity contribution in [1.82, 2.24) is 4.98 Å². The molecule has 0 bridgehead atoms. The molecular weight excluding hydrogens is 540 g/mol. The molecule has 1 fully saturated rings. The van der Waals surface area contributed by atoms with Crippen LogP contribution in [0.25, 0.3) is 16.0 Å². The van der Waals surface area contributed by atoms with E-state index in [1.54, 1.807) is 30.3 Å². The highest BCUT2D eigenvalue weighted by Crippen LogP contribution is 2.45. The summed E-state index contributed by atoms with van der Waals surface area (Å²) in [6.07, 6.45) is 1.70. The van der Waals surface area contributed by atoms with Crippen molar-refractivity contribution in [1.29, 1.82) is 0 Å². The minimum Gasteiger partial charge on any atom is -0.507 e. The Morgan fingerprint density at radius 3 is 2.27 bits per heavy atom. The lowest BCUT2D eigenvalue weighted by Crippen LogP contribution is -2.29. The second-order valence-electron chi connectivity index (χ2n) is 9.52. The molecule has 1 aromatic heterocycles. The number of rotatable bonds is 11. The Hall–Kier alpha value is -4.37. The molecule has 8 nitrogen and oxygen atoms in total. The van der Waals surface area contributed by atoms with Gasteiger partial charge in [-0.25, -0.2) is 4.98 Å². The zero-order valence-corrected chi connectivity index (χ0v) is 24.1. The maximum Gasteiger partial charge on any atom is 0.301 e. The van der Waals surface area contributed by atoms with Gasteiger partial charge in [0.2, 0.25) is 0 Å². The van der Waals surface area contributed by atoms with E-state index in [1.807, 2.05) is 57.2 Å². The molecule has 0 spiro atoms. The van der Waals surface area contributed by atoms with Gasteiger partial charge in [-0.2, -0.15) is 0 Å². The topological polar surface area (TPSA) is 98.2 Å². The van der Waals surface area contributed by atoms with Gasteiger partial charge in [0, 0.05) is 5.56 Å². The van der Waals surface area contributed by atoms with E-state index in [0.29, 0.717) is 58.8 Å². The maximum absolute atomic E-state index is 13.6. The zero-order valence-electron chi connectivity index (χ0n) is 23.3. The van der Waals surface area contributed by atoms with Gasteiger partial charge in [-0.05, 0) is 79.9 Å². The molecule has 41 heavy (non-hydrogen) atoms. The van der Waals surface area contributed by atoms with Gasteiger partial charge in [0.15, 0.2) is 5.13 Å². The number of fused-ring (bicyclic) bond motifs is 1. The SMILES string of the molecule is CCCOc1ccc(C(O)=C2C(=O)C(=O)N(c3nc4ccc(OCC)cc4s3)C2c2cccc(OCCC)c2)cc1. The first kappa shape index (κ1) is 28.2. The van der Waals surface area contributed by atoms with Crippen LogP contribution >= 0.6 is 11.3 Å². The molecule has 4 aromatic rings. The van der Waals surface area contributed by atoms with Crippen LogP contribution in [0.4, 0.5) is 5.13 Å². The van der Waals surface area contributed by atoms with Crippen molar-refractivity contribution in [3.05, 3.63) is 83.4 Å². The molecule has 1 unspecified atom stereocenters. The molecule has 1 amide bonds. The summed E-state index contributed by atoms with van der Waals surface area (Å²) in [7, 11) is 0. The van der Waals surface area contributed by atoms with Crippen molar-refractivity contribution in [2.75, 3.05) is 24.7 Å². The Bertz CT molecular complexity index is 1590. The number of hydrogen-bond acceptors (Lipinski definition) is 8. The lowest BCUT2D eigenvalue weighted by atomic mass is 9.95. The number of carbonyl (C=O) groups is 2. The Morgan fingerprint density at radius 1 is 0.878 bits per heavy atom. The number of carbonyl (C=O) groups excluding carboxylic acids is 2. The maximum atomic E-state index is 13.6. The number of hydrogen-bond donors (Lipinski definition) is 1. The number of aliphatic hydroxyl groups excluding tert-OH is 1. The number of anilines is 1. The zero-order chi connectivity index (χ0) is 28.9. The van der Waals surface area contributed by atoms with E-state index >= 15 is 0 Å². The Kier molecular flexibility index (Phi) is 8.54. The molecule has 5 rings (SSSR count). The van der Waals surface area contributed by atoms with Crippen molar-refractivity contribution < 1.29 is 28.9 Å². The highest BCUT2D eigenvalue weighted by atomic mass is 32.1. The summed E-state index contributed by atoms with van der Waals surface area (Å²) in [5.74, 6) is 0.148. The van der Waals surface area contributed by atoms with E-state index in [9.17, 15) is 14.7 Å². The standard InChI is InChI=1S/C32H32N2O6S/c1-4-16-39-22-12-10-20(11-13-22)29(35)27-28(21-8-7-9-23(18-21)40-17-5-2)34(31(37)30(27)36)32-33-25-15-14-24(38-6-3)19-26(25)41-32/h7-15,18-19,28,35H,4-6,16-17H2,1-3H3. The minimum atomic E-state index is -0.914. The Balaban J connectivity index is 1.63. The summed E-state index contributed by atoms with van der Waals surface area (Å²) in [4.78, 5) is 33.3. The van der Waals surface area contributed by atoms with E-state index in [2.05, 4.69) is 0 Å². The van der Waals surface area contributed by atoms with E-state index in [0.717, 1.165) is 17.5 Å². The van der Waals surface area contributed by atoms with E-state index in [1.165, 1.54) is 16.2 Å². The number of ether oxygens (including phenoxy) is 3. The first-order valence-corrected chi connectivity index (χ1v) is 14.6. The number of amides is 1. The predicted octanol–water partition coefficient (Wildman–Crippen LogP) is 6.90. The first-order valence-electron chi connectivity index (χ1n) is 13.8. The van der Waals surface area contributed by atoms with Crippen LogP contribution in [0.2, 0.25) is 0 Å². The molecule has 9 heteroatoms. The van der Waals surface area contributed by atoms with Crippen LogP contribution in [0.5, 0.6) is 17.2 Å². The van der Waals surface area contributed by atoms with Crippen LogP contribution in [0.15, 0.2) is 72.3 Å². The van der Waals surface area contributed by atoms with Gasteiger partial charge >= 0.3 is 5.91 Å². The monoisotopic (exact) mass is 572 g/mol. The lowest BCUT2D eigenvalue weighted by molar-refractivity contribution is -0.132. The number of benzene rings is 3. The number of aromatic nitrogens is 1. The first-order chi connectivity index (χ1) is 19.9. The molecule has 0 radical (unpaired) electrons. The van der Waals surface area contributed by atoms with Gasteiger partial charge < -0.3 is 19.3 Å². The second kappa shape index (κ2) is 12.4. The van der Waals surface area contributed by atoms with Crippen molar-refractivity contribution >= 4 is 44.1 Å². The summed E-state index contributed by atoms with van der Waals surface area (Å²) in [5, 5.41) is 11.8. The molecule has 2 heterocycles. The fourth-order valence-electron chi connectivity index (χ4n) is 4.68. The van der Waals surface area contributed by atoms with Gasteiger partial charge in [0.1, 0.15) is 23.0 Å². The highest BCUT2D eigenvalue weighted by Gasteiger charge is 2.48. The summed E-state index contributed by atoms with van der Waals surface area (Å²) in [5.41, 5.74) is 1.69. The summed E-state index contributed by atoms with van der Waals surface area (Å²) in [6, 6.07) is 18.7. The highest BCUT2D eigenvalue weighted by molar-refractivity contribution is 7.22. The van der Waals surface area contributed by atoms with Crippen molar-refractivity contribution in [3.63, 3.8) is 0 Å². The number of nitrogens with zero attached hydrogens (tertiary/aromatic N) is 2. The fourth-order valence-corrected chi connectivity index (χ4v) is 5.70. The van der Waals surface area contributed by atoms with Crippen LogP contribution in [0.3, 0.4) is 0 Å².